The molecule has 0 spiro atoms. The van der Waals surface area contributed by atoms with Crippen molar-refractivity contribution in [1.82, 2.24) is 19.9 Å². The van der Waals surface area contributed by atoms with Gasteiger partial charge in [-0.05, 0) is 80.4 Å². The van der Waals surface area contributed by atoms with Gasteiger partial charge in [0.05, 0.1) is 41.2 Å². The summed E-state index contributed by atoms with van der Waals surface area (Å²) in [6.45, 7) is 8.52. The predicted molar refractivity (Wildman–Crippen MR) is 440 cm³/mol. The molecule has 15 aromatic rings. The number of aromatic nitrogens is 4. The maximum absolute atomic E-state index is 5.60. The molecule has 0 aliphatic carbocycles. The van der Waals surface area contributed by atoms with E-state index in [2.05, 4.69) is 130 Å². The van der Waals surface area contributed by atoms with Crippen LogP contribution in [-0.2, 0) is 262 Å². The Bertz CT molecular complexity index is 4190. The van der Waals surface area contributed by atoms with Crippen molar-refractivity contribution >= 4 is 0 Å². The molecule has 0 N–H and O–H groups in total. The van der Waals surface area contributed by atoms with Crippen LogP contribution in [0.3, 0.4) is 0 Å². The van der Waals surface area contributed by atoms with Gasteiger partial charge in [-0.25, -0.2) is 0 Å². The fourth-order valence-electron chi connectivity index (χ4n) is 7.96. The molecule has 0 saturated heterocycles. The largest absolute Gasteiger partial charge is 0.522 e. The molecule has 610 valence electrons. The van der Waals surface area contributed by atoms with Crippen LogP contribution < -0.4 is 56.8 Å². The molecule has 11 aromatic carbocycles. The normalized spacial score (nSPS) is 8.57. The van der Waals surface area contributed by atoms with Crippen molar-refractivity contribution in [2.24, 2.45) is 0 Å². The van der Waals surface area contributed by atoms with Gasteiger partial charge in [-0.1, -0.05) is 24.3 Å². The smallest absolute Gasteiger partial charge is 0.227 e. The summed E-state index contributed by atoms with van der Waals surface area (Å²) in [7, 11) is 4.94. The standard InChI is InChI=1S/C21H19O3.C15H15O3.C13H10O2.C8H9O.3C7H7O.4C5H3N.8Y/c1-2-22-20-12-8-17(9-13-20)18-10-14-21(15-11-18)24-16-23-19-6-4-3-5-7-19;1-2-16-14-8-10-15(11-9-14)18-12-17-13-6-4-3-5-7-13;1-3-7-12(8-4-1)14-11-15-13-9-5-2-6-10-13;1-2-9-8-6-4-3-5-7-8;3*1-8-7-5-3-2-4-6-7;4*1-2-4-6-5-3-1;;;;;;;;/h4-15H,2,16H2,1H3;4-11H,2,12H2,1H3;3-10H,11H2;4-7H,2H2,1H3;3*3-6H,1H3;4*1-2,5H;;;;;;;;/q2*-1;-2;4*-1;4*-2;;;;;;;;. The Hall–Kier alpha value is -5.55. The van der Waals surface area contributed by atoms with E-state index in [1.165, 1.54) is 0 Å². The van der Waals surface area contributed by atoms with Crippen LogP contribution in [0.5, 0.6) is 69.0 Å². The zero-order chi connectivity index (χ0) is 80.6. The van der Waals surface area contributed by atoms with Crippen molar-refractivity contribution in [1.29, 1.82) is 0 Å². The van der Waals surface area contributed by atoms with Gasteiger partial charge in [-0.2, -0.15) is 195 Å². The van der Waals surface area contributed by atoms with Crippen molar-refractivity contribution in [2.45, 2.75) is 20.8 Å². The average molecular weight is 2220 g/mol. The van der Waals surface area contributed by atoms with Gasteiger partial charge in [0, 0.05) is 308 Å². The van der Waals surface area contributed by atoms with Crippen molar-refractivity contribution in [3.8, 4) is 80.1 Å². The van der Waals surface area contributed by atoms with E-state index < -0.39 is 0 Å². The Labute approximate surface area is 924 Å². The van der Waals surface area contributed by atoms with Crippen LogP contribution in [0.1, 0.15) is 20.8 Å². The minimum absolute atomic E-state index is 0. The van der Waals surface area contributed by atoms with Crippen LogP contribution in [0.15, 0.2) is 340 Å². The van der Waals surface area contributed by atoms with E-state index in [0.29, 0.717) is 13.2 Å². The number of hydrogen-bond acceptors (Lipinski definition) is 16. The molecule has 24 heteroatoms. The van der Waals surface area contributed by atoms with Gasteiger partial charge in [0.1, 0.15) is 23.0 Å². The van der Waals surface area contributed by atoms with Crippen molar-refractivity contribution in [2.75, 3.05) is 61.5 Å². The van der Waals surface area contributed by atoms with Gasteiger partial charge in [0.2, 0.25) is 20.4 Å². The molecule has 0 atom stereocenters. The summed E-state index contributed by atoms with van der Waals surface area (Å²) in [5.74, 6) is 9.87. The minimum Gasteiger partial charge on any atom is -0.522 e. The van der Waals surface area contributed by atoms with Crippen molar-refractivity contribution in [3.05, 3.63) is 438 Å². The third-order valence-electron chi connectivity index (χ3n) is 13.2. The quantitative estimate of drug-likeness (QED) is 0.0465. The molecule has 0 aliphatic rings. The second-order valence-electron chi connectivity index (χ2n) is 21.1. The second-order valence-corrected chi connectivity index (χ2v) is 21.1. The summed E-state index contributed by atoms with van der Waals surface area (Å²) in [6.07, 6.45) is 16.7. The first kappa shape index (κ1) is 123. The zero-order valence-corrected chi connectivity index (χ0v) is 91.6. The number of pyridine rings is 4. The van der Waals surface area contributed by atoms with Gasteiger partial charge >= 0.3 is 0 Å². The predicted octanol–water partition coefficient (Wildman–Crippen LogP) is 20.1. The molecule has 4 aromatic heterocycles. The molecular formula is C98H86N4O12Y8-16. The zero-order valence-electron chi connectivity index (χ0n) is 68.9. The number of hydrogen-bond donors (Lipinski definition) is 0. The van der Waals surface area contributed by atoms with Crippen molar-refractivity contribution in [3.63, 3.8) is 0 Å². The van der Waals surface area contributed by atoms with Gasteiger partial charge in [-0.15, -0.1) is 97.1 Å². The van der Waals surface area contributed by atoms with E-state index in [9.17, 15) is 0 Å². The summed E-state index contributed by atoms with van der Waals surface area (Å²) in [5, 5.41) is 0. The molecule has 0 aliphatic heterocycles. The van der Waals surface area contributed by atoms with Crippen molar-refractivity contribution < 1.29 is 319 Å². The number of nitrogens with zero attached hydrogens (tertiary/aromatic N) is 4. The number of methoxy groups -OCH3 is 3. The van der Waals surface area contributed by atoms with E-state index in [1.54, 1.807) is 143 Å². The van der Waals surface area contributed by atoms with Gasteiger partial charge < -0.3 is 150 Å². The van der Waals surface area contributed by atoms with Crippen LogP contribution in [0.25, 0.3) is 11.1 Å². The Morgan fingerprint density at radius 1 is 0.180 bits per heavy atom. The maximum atomic E-state index is 5.60. The third-order valence-corrected chi connectivity index (χ3v) is 13.2. The monoisotopic (exact) mass is 2220 g/mol. The number of benzene rings is 11. The van der Waals surface area contributed by atoms with Crippen LogP contribution in [0.2, 0.25) is 0 Å². The SMILES string of the molecule is CCOc1cc[c-]cc1.CCOc1ccc(-c2ccc(OCOc3cc[c-]cc3)cc2)cc1.CCOc1ccc(OCOc2cc[c-]cc2)cc1.COc1cc[c-]cc1.COc1cc[c-]cc1.COc1cc[c-]cc1.[Y].[Y].[Y].[Y].[Y].[Y].[Y].[Y].[c-]1cc[c-]nc1.[c-]1cc[c-]nc1.[c-]1cc[c-]nc1.[c-]1cc[c-]nc1.[c-]1ccc(OCOc2cc[c-]cc2)cc1. The molecule has 0 fully saturated rings. The molecule has 16 nitrogen and oxygen atoms in total. The third kappa shape index (κ3) is 66.0. The summed E-state index contributed by atoms with van der Waals surface area (Å²) in [4.78, 5) is 14.4. The maximum Gasteiger partial charge on any atom is 0.227 e. The molecule has 0 saturated carbocycles. The first-order chi connectivity index (χ1) is 56.4. The first-order valence-electron chi connectivity index (χ1n) is 35.4. The first-order valence-corrected chi connectivity index (χ1v) is 35.4. The molecule has 0 unspecified atom stereocenters. The van der Waals surface area contributed by atoms with E-state index >= 15 is 0 Å². The van der Waals surface area contributed by atoms with E-state index in [0.717, 1.165) is 86.7 Å². The molecule has 0 bridgehead atoms. The van der Waals surface area contributed by atoms with Crippen LogP contribution in [0, 0.1) is 97.6 Å². The molecular weight excluding hydrogens is 2140 g/mol. The van der Waals surface area contributed by atoms with Gasteiger partial charge in [0.15, 0.2) is 0 Å². The summed E-state index contributed by atoms with van der Waals surface area (Å²) in [5.41, 5.74) is 2.27. The van der Waals surface area contributed by atoms with Crippen LogP contribution >= 0.6 is 0 Å². The Morgan fingerprint density at radius 3 is 0.467 bits per heavy atom. The van der Waals surface area contributed by atoms with Gasteiger partial charge in [0.25, 0.3) is 0 Å². The number of ether oxygens (including phenoxy) is 12. The molecule has 122 heavy (non-hydrogen) atoms. The summed E-state index contributed by atoms with van der Waals surface area (Å²) < 4.78 is 63.4. The molecule has 8 radical (unpaired) electrons. The molecule has 0 amide bonds. The fraction of sp³-hybridized carbons (Fsp3) is 0.122. The van der Waals surface area contributed by atoms with Gasteiger partial charge in [-0.3, -0.25) is 0 Å². The molecule has 4 heterocycles. The number of rotatable bonds is 22. The topological polar surface area (TPSA) is 162 Å². The van der Waals surface area contributed by atoms with E-state index in [4.69, 9.17) is 56.8 Å². The average Bonchev–Trinajstić information content (AvgIpc) is 0.851. The summed E-state index contributed by atoms with van der Waals surface area (Å²) in [6, 6.07) is 130. The Morgan fingerprint density at radius 2 is 0.336 bits per heavy atom. The van der Waals surface area contributed by atoms with Crippen LogP contribution in [0.4, 0.5) is 0 Å². The van der Waals surface area contributed by atoms with Crippen LogP contribution in [-0.4, -0.2) is 81.5 Å². The van der Waals surface area contributed by atoms with E-state index in [1.807, 2.05) is 227 Å². The fourth-order valence-corrected chi connectivity index (χ4v) is 7.96. The van der Waals surface area contributed by atoms with E-state index in [-0.39, 0.29) is 282 Å². The Kier molecular flexibility index (Phi) is 89.4. The Balaban J connectivity index is -0.000000646. The minimum atomic E-state index is 0. The summed E-state index contributed by atoms with van der Waals surface area (Å²) >= 11 is 0. The molecule has 15 rings (SSSR count). The second kappa shape index (κ2) is 88.9.